The maximum absolute atomic E-state index is 13.5. The van der Waals surface area contributed by atoms with E-state index in [0.29, 0.717) is 29.3 Å². The van der Waals surface area contributed by atoms with Gasteiger partial charge in [0.05, 0.1) is 18.1 Å². The normalized spacial score (nSPS) is 12.7. The van der Waals surface area contributed by atoms with E-state index in [9.17, 15) is 9.59 Å². The van der Waals surface area contributed by atoms with E-state index in [2.05, 4.69) is 18.8 Å². The van der Waals surface area contributed by atoms with Crippen LogP contribution in [0, 0.1) is 5.92 Å². The van der Waals surface area contributed by atoms with Crippen molar-refractivity contribution in [1.29, 1.82) is 0 Å². The molecule has 4 rings (SSSR count). The molecular formula is C26H30N4O2. The van der Waals surface area contributed by atoms with Gasteiger partial charge in [0.1, 0.15) is 0 Å². The molecule has 4 aromatic rings. The number of rotatable bonds is 6. The van der Waals surface area contributed by atoms with Crippen LogP contribution in [0.1, 0.15) is 57.7 Å². The Kier molecular flexibility index (Phi) is 5.87. The van der Waals surface area contributed by atoms with Crippen molar-refractivity contribution >= 4 is 11.2 Å². The van der Waals surface area contributed by atoms with Crippen molar-refractivity contribution in [2.24, 2.45) is 5.92 Å². The van der Waals surface area contributed by atoms with Crippen LogP contribution in [0.15, 0.2) is 70.5 Å². The van der Waals surface area contributed by atoms with Gasteiger partial charge in [-0.1, -0.05) is 70.2 Å². The van der Waals surface area contributed by atoms with Crippen LogP contribution in [-0.4, -0.2) is 18.7 Å². The first-order valence-electron chi connectivity index (χ1n) is 11.2. The van der Waals surface area contributed by atoms with Crippen LogP contribution in [0.3, 0.4) is 0 Å². The topological polar surface area (TPSA) is 61.8 Å². The minimum absolute atomic E-state index is 0.101. The molecule has 0 aliphatic carbocycles. The summed E-state index contributed by atoms with van der Waals surface area (Å²) in [5.74, 6) is 0.541. The zero-order chi connectivity index (χ0) is 23.0. The van der Waals surface area contributed by atoms with E-state index in [1.807, 2.05) is 79.9 Å². The van der Waals surface area contributed by atoms with E-state index in [1.165, 1.54) is 10.1 Å². The fourth-order valence-electron chi connectivity index (χ4n) is 4.10. The SMILES string of the molecule is CC(C)Cn1c(=O)c2c(ncn2[C@H](C)c2ccccc2)n(-c2ccc(C(C)C)cc2)c1=O. The number of nitrogens with zero attached hydrogens (tertiary/aromatic N) is 4. The maximum atomic E-state index is 13.5. The number of hydrogen-bond donors (Lipinski definition) is 0. The molecule has 0 N–H and O–H groups in total. The molecule has 0 aliphatic heterocycles. The van der Waals surface area contributed by atoms with E-state index in [4.69, 9.17) is 0 Å². The molecule has 32 heavy (non-hydrogen) atoms. The smallest absolute Gasteiger partial charge is 0.317 e. The lowest BCUT2D eigenvalue weighted by Gasteiger charge is -2.17. The molecule has 0 radical (unpaired) electrons. The largest absolute Gasteiger partial charge is 0.337 e. The van der Waals surface area contributed by atoms with Crippen molar-refractivity contribution in [3.63, 3.8) is 0 Å². The van der Waals surface area contributed by atoms with E-state index in [0.717, 1.165) is 5.56 Å². The summed E-state index contributed by atoms with van der Waals surface area (Å²) in [6, 6.07) is 17.8. The highest BCUT2D eigenvalue weighted by molar-refractivity contribution is 5.73. The summed E-state index contributed by atoms with van der Waals surface area (Å²) in [5, 5.41) is 0. The Morgan fingerprint density at radius 2 is 1.50 bits per heavy atom. The van der Waals surface area contributed by atoms with E-state index >= 15 is 0 Å². The molecule has 0 fully saturated rings. The fourth-order valence-corrected chi connectivity index (χ4v) is 4.10. The highest BCUT2D eigenvalue weighted by atomic mass is 16.2. The van der Waals surface area contributed by atoms with Crippen LogP contribution in [0.4, 0.5) is 0 Å². The van der Waals surface area contributed by atoms with E-state index in [-0.39, 0.29) is 23.2 Å². The van der Waals surface area contributed by atoms with E-state index in [1.54, 1.807) is 10.9 Å². The number of hydrogen-bond acceptors (Lipinski definition) is 3. The molecule has 6 nitrogen and oxygen atoms in total. The van der Waals surface area contributed by atoms with Crippen LogP contribution < -0.4 is 11.2 Å². The monoisotopic (exact) mass is 430 g/mol. The number of benzene rings is 2. The molecule has 166 valence electrons. The Balaban J connectivity index is 2.00. The lowest BCUT2D eigenvalue weighted by atomic mass is 10.0. The average molecular weight is 431 g/mol. The van der Waals surface area contributed by atoms with Crippen molar-refractivity contribution in [2.45, 2.75) is 53.1 Å². The Labute approximate surface area is 187 Å². The lowest BCUT2D eigenvalue weighted by Crippen LogP contribution is -2.41. The molecule has 0 saturated carbocycles. The van der Waals surface area contributed by atoms with Gasteiger partial charge in [-0.2, -0.15) is 0 Å². The zero-order valence-corrected chi connectivity index (χ0v) is 19.3. The van der Waals surface area contributed by atoms with Crippen molar-refractivity contribution in [2.75, 3.05) is 0 Å². The summed E-state index contributed by atoms with van der Waals surface area (Å²) in [5.41, 5.74) is 3.15. The highest BCUT2D eigenvalue weighted by Gasteiger charge is 2.22. The summed E-state index contributed by atoms with van der Waals surface area (Å²) in [6.45, 7) is 10.7. The standard InChI is InChI=1S/C26H30N4O2/c1-17(2)15-28-25(31)23-24(27-16-29(23)19(5)21-9-7-6-8-10-21)30(26(28)32)22-13-11-20(12-14-22)18(3)4/h6-14,16-19H,15H2,1-5H3/t19-/m1/s1. The van der Waals surface area contributed by atoms with Crippen LogP contribution in [-0.2, 0) is 6.54 Å². The quantitative estimate of drug-likeness (QED) is 0.444. The Hall–Kier alpha value is -3.41. The summed E-state index contributed by atoms with van der Waals surface area (Å²) < 4.78 is 4.79. The minimum Gasteiger partial charge on any atom is -0.317 e. The third-order valence-corrected chi connectivity index (χ3v) is 5.92. The van der Waals surface area contributed by atoms with Crippen LogP contribution in [0.5, 0.6) is 0 Å². The Morgan fingerprint density at radius 3 is 2.09 bits per heavy atom. The second-order valence-corrected chi connectivity index (χ2v) is 9.08. The number of aromatic nitrogens is 4. The molecule has 0 spiro atoms. The zero-order valence-electron chi connectivity index (χ0n) is 19.3. The molecular weight excluding hydrogens is 400 g/mol. The molecule has 0 bridgehead atoms. The Morgan fingerprint density at radius 1 is 0.844 bits per heavy atom. The molecule has 2 aromatic heterocycles. The first-order chi connectivity index (χ1) is 15.3. The highest BCUT2D eigenvalue weighted by Crippen LogP contribution is 2.23. The number of imidazole rings is 1. The van der Waals surface area contributed by atoms with Gasteiger partial charge in [-0.25, -0.2) is 14.3 Å². The van der Waals surface area contributed by atoms with Gasteiger partial charge >= 0.3 is 5.69 Å². The first-order valence-corrected chi connectivity index (χ1v) is 11.2. The van der Waals surface area contributed by atoms with Crippen molar-refractivity contribution in [3.05, 3.63) is 92.9 Å². The van der Waals surface area contributed by atoms with Crippen molar-refractivity contribution < 1.29 is 0 Å². The second-order valence-electron chi connectivity index (χ2n) is 9.08. The minimum atomic E-state index is -0.355. The maximum Gasteiger partial charge on any atom is 0.337 e. The summed E-state index contributed by atoms with van der Waals surface area (Å²) in [4.78, 5) is 31.6. The molecule has 0 saturated heterocycles. The second kappa shape index (κ2) is 8.61. The third kappa shape index (κ3) is 3.81. The molecule has 0 unspecified atom stereocenters. The number of fused-ring (bicyclic) bond motifs is 1. The van der Waals surface area contributed by atoms with Gasteiger partial charge in [0.2, 0.25) is 0 Å². The van der Waals surface area contributed by atoms with Gasteiger partial charge in [0.15, 0.2) is 11.2 Å². The van der Waals surface area contributed by atoms with Gasteiger partial charge in [-0.05, 0) is 42.0 Å². The average Bonchev–Trinajstić information content (AvgIpc) is 3.22. The lowest BCUT2D eigenvalue weighted by molar-refractivity contribution is 0.488. The molecule has 6 heteroatoms. The summed E-state index contributed by atoms with van der Waals surface area (Å²) >= 11 is 0. The summed E-state index contributed by atoms with van der Waals surface area (Å²) in [7, 11) is 0. The van der Waals surface area contributed by atoms with Gasteiger partial charge in [-0.3, -0.25) is 9.36 Å². The van der Waals surface area contributed by atoms with Crippen molar-refractivity contribution in [1.82, 2.24) is 18.7 Å². The van der Waals surface area contributed by atoms with E-state index < -0.39 is 0 Å². The van der Waals surface area contributed by atoms with Gasteiger partial charge < -0.3 is 4.57 Å². The van der Waals surface area contributed by atoms with Gasteiger partial charge in [0.25, 0.3) is 5.56 Å². The predicted molar refractivity (Wildman–Crippen MR) is 129 cm³/mol. The molecule has 0 amide bonds. The first kappa shape index (κ1) is 21.8. The Bertz CT molecular complexity index is 1340. The predicted octanol–water partition coefficient (Wildman–Crippen LogP) is 4.74. The van der Waals surface area contributed by atoms with Crippen LogP contribution in [0.2, 0.25) is 0 Å². The molecule has 0 aliphatic rings. The van der Waals surface area contributed by atoms with Crippen LogP contribution in [0.25, 0.3) is 16.9 Å². The molecule has 1 atom stereocenters. The molecule has 2 heterocycles. The van der Waals surface area contributed by atoms with Gasteiger partial charge in [-0.15, -0.1) is 0 Å². The van der Waals surface area contributed by atoms with Crippen LogP contribution >= 0.6 is 0 Å². The van der Waals surface area contributed by atoms with Gasteiger partial charge in [0, 0.05) is 6.54 Å². The fraction of sp³-hybridized carbons (Fsp3) is 0.346. The third-order valence-electron chi connectivity index (χ3n) is 5.92. The van der Waals surface area contributed by atoms with Crippen molar-refractivity contribution in [3.8, 4) is 5.69 Å². The molecule has 2 aromatic carbocycles. The summed E-state index contributed by atoms with van der Waals surface area (Å²) in [6.07, 6.45) is 1.67.